The lowest BCUT2D eigenvalue weighted by atomic mass is 10.0. The van der Waals surface area contributed by atoms with E-state index in [1.165, 1.54) is 16.1 Å². The van der Waals surface area contributed by atoms with Gasteiger partial charge < -0.3 is 5.73 Å². The highest BCUT2D eigenvalue weighted by molar-refractivity contribution is 7.11. The Kier molecular flexibility index (Phi) is 4.11. The Balaban J connectivity index is 1.72. The predicted molar refractivity (Wildman–Crippen MR) is 88.4 cm³/mol. The molecule has 4 heteroatoms. The van der Waals surface area contributed by atoms with Crippen LogP contribution in [0.1, 0.15) is 34.5 Å². The molecule has 2 N–H and O–H groups in total. The molecule has 1 aromatic carbocycles. The molecule has 0 spiro atoms. The lowest BCUT2D eigenvalue weighted by Gasteiger charge is -2.22. The van der Waals surface area contributed by atoms with Gasteiger partial charge in [0.1, 0.15) is 5.01 Å². The third-order valence-electron chi connectivity index (χ3n) is 4.28. The first kappa shape index (κ1) is 14.7. The van der Waals surface area contributed by atoms with E-state index in [4.69, 9.17) is 10.7 Å². The second kappa shape index (κ2) is 5.87. The number of likely N-dealkylation sites (tertiary alicyclic amines) is 1. The number of nitrogens with two attached hydrogens (primary N) is 1. The van der Waals surface area contributed by atoms with Gasteiger partial charge in [0.15, 0.2) is 0 Å². The van der Waals surface area contributed by atoms with Crippen molar-refractivity contribution >= 4 is 11.3 Å². The van der Waals surface area contributed by atoms with Crippen LogP contribution in [0.4, 0.5) is 0 Å². The van der Waals surface area contributed by atoms with E-state index in [9.17, 15) is 0 Å². The second-order valence-electron chi connectivity index (χ2n) is 5.98. The number of aryl methyl sites for hydroxylation is 2. The fraction of sp³-hybridized carbons (Fsp3) is 0.471. The van der Waals surface area contributed by atoms with Crippen molar-refractivity contribution < 1.29 is 0 Å². The first-order chi connectivity index (χ1) is 10.1. The molecule has 2 heterocycles. The number of hydrogen-bond donors (Lipinski definition) is 1. The summed E-state index contributed by atoms with van der Waals surface area (Å²) in [7, 11) is 0. The summed E-state index contributed by atoms with van der Waals surface area (Å²) in [5, 5.41) is 1.12. The third-order valence-corrected chi connectivity index (χ3v) is 5.52. The number of hydrogen-bond acceptors (Lipinski definition) is 4. The zero-order valence-corrected chi connectivity index (χ0v) is 13.6. The van der Waals surface area contributed by atoms with E-state index in [2.05, 4.69) is 49.1 Å². The Morgan fingerprint density at radius 2 is 2.10 bits per heavy atom. The summed E-state index contributed by atoms with van der Waals surface area (Å²) >= 11 is 1.78. The van der Waals surface area contributed by atoms with Gasteiger partial charge in [-0.2, -0.15) is 0 Å². The molecule has 0 bridgehead atoms. The summed E-state index contributed by atoms with van der Waals surface area (Å²) in [6.07, 6.45) is 1.99. The van der Waals surface area contributed by atoms with Crippen molar-refractivity contribution in [3.05, 3.63) is 51.5 Å². The molecule has 0 saturated carbocycles. The summed E-state index contributed by atoms with van der Waals surface area (Å²) in [6, 6.07) is 10.6. The number of thiazole rings is 1. The summed E-state index contributed by atoms with van der Waals surface area (Å²) in [5.41, 5.74) is 8.96. The molecule has 1 aliphatic rings. The molecule has 0 radical (unpaired) electrons. The number of rotatable bonds is 4. The van der Waals surface area contributed by atoms with Crippen LogP contribution in [0.3, 0.4) is 0 Å². The molecule has 3 nitrogen and oxygen atoms in total. The number of benzene rings is 1. The average molecular weight is 301 g/mol. The largest absolute Gasteiger partial charge is 0.318 e. The van der Waals surface area contributed by atoms with Gasteiger partial charge in [0.05, 0.1) is 11.2 Å². The van der Waals surface area contributed by atoms with Crippen molar-refractivity contribution in [1.82, 2.24) is 9.88 Å². The summed E-state index contributed by atoms with van der Waals surface area (Å²) in [4.78, 5) is 8.55. The fourth-order valence-electron chi connectivity index (χ4n) is 3.03. The minimum Gasteiger partial charge on any atom is -0.318 e. The van der Waals surface area contributed by atoms with Crippen LogP contribution in [0.25, 0.3) is 0 Å². The molecule has 21 heavy (non-hydrogen) atoms. The quantitative estimate of drug-likeness (QED) is 0.943. The van der Waals surface area contributed by atoms with Crippen LogP contribution in [-0.4, -0.2) is 23.0 Å². The van der Waals surface area contributed by atoms with Crippen molar-refractivity contribution in [1.29, 1.82) is 0 Å². The Morgan fingerprint density at radius 3 is 2.76 bits per heavy atom. The molecule has 1 saturated heterocycles. The lowest BCUT2D eigenvalue weighted by Crippen LogP contribution is -2.39. The molecule has 0 aliphatic carbocycles. The Bertz CT molecular complexity index is 608. The maximum atomic E-state index is 6.67. The molecular formula is C17H23N3S. The SMILES string of the molecule is CCc1nc(C2(N)CCN(Cc3ccccc3)C2)sc1C. The molecule has 3 rings (SSSR count). The monoisotopic (exact) mass is 301 g/mol. The van der Waals surface area contributed by atoms with E-state index in [0.29, 0.717) is 0 Å². The number of nitrogens with zero attached hydrogens (tertiary/aromatic N) is 2. The van der Waals surface area contributed by atoms with E-state index in [0.717, 1.165) is 37.5 Å². The van der Waals surface area contributed by atoms with Crippen LogP contribution >= 0.6 is 11.3 Å². The van der Waals surface area contributed by atoms with Crippen LogP contribution in [0, 0.1) is 6.92 Å². The predicted octanol–water partition coefficient (Wildman–Crippen LogP) is 3.07. The summed E-state index contributed by atoms with van der Waals surface area (Å²) < 4.78 is 0. The van der Waals surface area contributed by atoms with Gasteiger partial charge in [-0.1, -0.05) is 37.3 Å². The first-order valence-electron chi connectivity index (χ1n) is 7.62. The van der Waals surface area contributed by atoms with Gasteiger partial charge in [0.2, 0.25) is 0 Å². The highest BCUT2D eigenvalue weighted by atomic mass is 32.1. The topological polar surface area (TPSA) is 42.1 Å². The van der Waals surface area contributed by atoms with E-state index in [1.54, 1.807) is 11.3 Å². The van der Waals surface area contributed by atoms with Gasteiger partial charge in [-0.3, -0.25) is 4.90 Å². The maximum Gasteiger partial charge on any atom is 0.114 e. The molecule has 1 aromatic heterocycles. The zero-order chi connectivity index (χ0) is 14.9. The van der Waals surface area contributed by atoms with Gasteiger partial charge in [-0.05, 0) is 25.3 Å². The van der Waals surface area contributed by atoms with Crippen molar-refractivity contribution in [3.63, 3.8) is 0 Å². The van der Waals surface area contributed by atoms with Crippen LogP contribution in [-0.2, 0) is 18.5 Å². The molecule has 112 valence electrons. The Morgan fingerprint density at radius 1 is 1.33 bits per heavy atom. The highest BCUT2D eigenvalue weighted by Gasteiger charge is 2.38. The van der Waals surface area contributed by atoms with Crippen molar-refractivity contribution in [2.24, 2.45) is 5.73 Å². The van der Waals surface area contributed by atoms with Crippen molar-refractivity contribution in [3.8, 4) is 0 Å². The summed E-state index contributed by atoms with van der Waals surface area (Å²) in [6.45, 7) is 7.24. The maximum absolute atomic E-state index is 6.67. The molecular weight excluding hydrogens is 278 g/mol. The van der Waals surface area contributed by atoms with Gasteiger partial charge in [0.25, 0.3) is 0 Å². The molecule has 1 aliphatic heterocycles. The second-order valence-corrected chi connectivity index (χ2v) is 7.18. The van der Waals surface area contributed by atoms with Crippen LogP contribution < -0.4 is 5.73 Å². The normalized spacial score (nSPS) is 22.8. The summed E-state index contributed by atoms with van der Waals surface area (Å²) in [5.74, 6) is 0. The highest BCUT2D eigenvalue weighted by Crippen LogP contribution is 2.34. The van der Waals surface area contributed by atoms with Crippen molar-refractivity contribution in [2.45, 2.75) is 38.8 Å². The zero-order valence-electron chi connectivity index (χ0n) is 12.8. The minimum absolute atomic E-state index is 0.266. The van der Waals surface area contributed by atoms with Gasteiger partial charge in [-0.15, -0.1) is 11.3 Å². The molecule has 1 fully saturated rings. The molecule has 2 aromatic rings. The average Bonchev–Trinajstić information content (AvgIpc) is 3.04. The number of aromatic nitrogens is 1. The molecule has 1 unspecified atom stereocenters. The van der Waals surface area contributed by atoms with Crippen LogP contribution in [0.15, 0.2) is 30.3 Å². The van der Waals surface area contributed by atoms with Gasteiger partial charge in [0, 0.05) is 24.5 Å². The van der Waals surface area contributed by atoms with E-state index >= 15 is 0 Å². The van der Waals surface area contributed by atoms with Gasteiger partial charge >= 0.3 is 0 Å². The van der Waals surface area contributed by atoms with E-state index < -0.39 is 0 Å². The molecule has 0 amide bonds. The standard InChI is InChI=1S/C17H23N3S/c1-3-15-13(2)21-16(19-15)17(18)9-10-20(12-17)11-14-7-5-4-6-8-14/h4-8H,3,9-12,18H2,1-2H3. The lowest BCUT2D eigenvalue weighted by molar-refractivity contribution is 0.304. The van der Waals surface area contributed by atoms with E-state index in [1.807, 2.05) is 0 Å². The van der Waals surface area contributed by atoms with Gasteiger partial charge in [-0.25, -0.2) is 4.98 Å². The fourth-order valence-corrected chi connectivity index (χ4v) is 4.16. The smallest absolute Gasteiger partial charge is 0.114 e. The third kappa shape index (κ3) is 3.03. The van der Waals surface area contributed by atoms with E-state index in [-0.39, 0.29) is 5.54 Å². The van der Waals surface area contributed by atoms with Crippen LogP contribution in [0.5, 0.6) is 0 Å². The van der Waals surface area contributed by atoms with Crippen molar-refractivity contribution in [2.75, 3.05) is 13.1 Å². The molecule has 1 atom stereocenters. The first-order valence-corrected chi connectivity index (χ1v) is 8.44. The minimum atomic E-state index is -0.266. The Hall–Kier alpha value is -1.23. The van der Waals surface area contributed by atoms with Crippen LogP contribution in [0.2, 0.25) is 0 Å². The Labute approximate surface area is 130 Å².